The Kier molecular flexibility index (Phi) is 6.66. The lowest BCUT2D eigenvalue weighted by atomic mass is 9.86. The van der Waals surface area contributed by atoms with Crippen LogP contribution < -0.4 is 0 Å². The van der Waals surface area contributed by atoms with Gasteiger partial charge in [0.2, 0.25) is 0 Å². The van der Waals surface area contributed by atoms with Crippen LogP contribution in [0.4, 0.5) is 0 Å². The molecule has 0 bridgehead atoms. The fourth-order valence-corrected chi connectivity index (χ4v) is 2.23. The van der Waals surface area contributed by atoms with Gasteiger partial charge in [-0.3, -0.25) is 4.79 Å². The highest BCUT2D eigenvalue weighted by molar-refractivity contribution is 5.81. The van der Waals surface area contributed by atoms with Crippen molar-refractivity contribution in [1.82, 2.24) is 0 Å². The van der Waals surface area contributed by atoms with E-state index in [0.29, 0.717) is 6.42 Å². The van der Waals surface area contributed by atoms with E-state index >= 15 is 0 Å². The lowest BCUT2D eigenvalue weighted by Gasteiger charge is -2.22. The molecule has 0 radical (unpaired) electrons. The Morgan fingerprint density at radius 2 is 1.83 bits per heavy atom. The largest absolute Gasteiger partial charge is 0.388 e. The molecule has 0 saturated carbocycles. The molecule has 18 heavy (non-hydrogen) atoms. The zero-order valence-electron chi connectivity index (χ0n) is 11.4. The van der Waals surface area contributed by atoms with E-state index < -0.39 is 6.10 Å². The number of carbonyl (C=O) groups excluding carboxylic acids is 1. The van der Waals surface area contributed by atoms with Crippen molar-refractivity contribution in [2.24, 2.45) is 5.92 Å². The third-order valence-electron chi connectivity index (χ3n) is 3.30. The molecular weight excluding hydrogens is 224 g/mol. The van der Waals surface area contributed by atoms with Gasteiger partial charge in [0, 0.05) is 12.3 Å². The third kappa shape index (κ3) is 4.26. The maximum absolute atomic E-state index is 12.1. The monoisotopic (exact) mass is 248 g/mol. The molecule has 1 aromatic carbocycles. The summed E-state index contributed by atoms with van der Waals surface area (Å²) in [5, 5.41) is 10.4. The van der Waals surface area contributed by atoms with E-state index in [2.05, 4.69) is 6.92 Å². The summed E-state index contributed by atoms with van der Waals surface area (Å²) in [4.78, 5) is 12.1. The van der Waals surface area contributed by atoms with Crippen molar-refractivity contribution >= 4 is 5.78 Å². The van der Waals surface area contributed by atoms with Crippen LogP contribution in [-0.4, -0.2) is 10.9 Å². The van der Waals surface area contributed by atoms with Gasteiger partial charge < -0.3 is 5.11 Å². The molecule has 0 amide bonds. The Morgan fingerprint density at radius 3 is 2.39 bits per heavy atom. The van der Waals surface area contributed by atoms with E-state index in [1.165, 1.54) is 0 Å². The second-order valence-electron chi connectivity index (χ2n) is 4.82. The molecule has 0 aliphatic carbocycles. The first-order chi connectivity index (χ1) is 8.70. The minimum atomic E-state index is -0.656. The molecule has 1 rings (SSSR count). The number of aliphatic hydroxyl groups excluding tert-OH is 1. The van der Waals surface area contributed by atoms with Crippen LogP contribution in [0.15, 0.2) is 30.3 Å². The fraction of sp³-hybridized carbons (Fsp3) is 0.562. The smallest absolute Gasteiger partial charge is 0.138 e. The summed E-state index contributed by atoms with van der Waals surface area (Å²) in [6, 6.07) is 9.51. The summed E-state index contributed by atoms with van der Waals surface area (Å²) < 4.78 is 0. The highest BCUT2D eigenvalue weighted by atomic mass is 16.3. The lowest BCUT2D eigenvalue weighted by Crippen LogP contribution is -2.22. The zero-order chi connectivity index (χ0) is 13.4. The molecule has 0 aromatic heterocycles. The van der Waals surface area contributed by atoms with Gasteiger partial charge >= 0.3 is 0 Å². The van der Waals surface area contributed by atoms with Gasteiger partial charge in [-0.15, -0.1) is 0 Å². The zero-order valence-corrected chi connectivity index (χ0v) is 11.4. The van der Waals surface area contributed by atoms with Crippen LogP contribution in [0.2, 0.25) is 0 Å². The first-order valence-electron chi connectivity index (χ1n) is 6.96. The molecule has 2 unspecified atom stereocenters. The number of aliphatic hydroxyl groups is 1. The molecule has 1 N–H and O–H groups in total. The minimum absolute atomic E-state index is 0.197. The van der Waals surface area contributed by atoms with Crippen molar-refractivity contribution in [2.45, 2.75) is 52.1 Å². The molecular formula is C16H24O2. The van der Waals surface area contributed by atoms with Crippen molar-refractivity contribution in [2.75, 3.05) is 0 Å². The number of hydrogen-bond donors (Lipinski definition) is 1. The number of unbranched alkanes of at least 4 members (excludes halogenated alkanes) is 1. The van der Waals surface area contributed by atoms with Gasteiger partial charge in [0.25, 0.3) is 0 Å². The standard InChI is InChI=1S/C16H24O2/c1-3-5-12-14(15(17)9-4-2)16(18)13-10-7-6-8-11-13/h6-8,10-11,14,16,18H,3-5,9,12H2,1-2H3. The Labute approximate surface area is 110 Å². The van der Waals surface area contributed by atoms with Crippen molar-refractivity contribution in [3.8, 4) is 0 Å². The van der Waals surface area contributed by atoms with E-state index in [4.69, 9.17) is 0 Å². The molecule has 2 nitrogen and oxygen atoms in total. The summed E-state index contributed by atoms with van der Waals surface area (Å²) in [5.41, 5.74) is 0.850. The number of ketones is 1. The average Bonchev–Trinajstić information content (AvgIpc) is 2.40. The SMILES string of the molecule is CCCCC(C(=O)CCC)C(O)c1ccccc1. The quantitative estimate of drug-likeness (QED) is 0.757. The molecule has 0 heterocycles. The van der Waals surface area contributed by atoms with Crippen LogP contribution in [0.1, 0.15) is 57.6 Å². The van der Waals surface area contributed by atoms with Crippen LogP contribution in [-0.2, 0) is 4.79 Å². The van der Waals surface area contributed by atoms with E-state index in [1.54, 1.807) is 0 Å². The first kappa shape index (κ1) is 14.9. The van der Waals surface area contributed by atoms with Gasteiger partial charge in [0.15, 0.2) is 0 Å². The van der Waals surface area contributed by atoms with Crippen LogP contribution >= 0.6 is 0 Å². The van der Waals surface area contributed by atoms with Crippen molar-refractivity contribution in [3.05, 3.63) is 35.9 Å². The Balaban J connectivity index is 2.78. The maximum Gasteiger partial charge on any atom is 0.138 e. The molecule has 0 spiro atoms. The third-order valence-corrected chi connectivity index (χ3v) is 3.30. The summed E-state index contributed by atoms with van der Waals surface area (Å²) >= 11 is 0. The van der Waals surface area contributed by atoms with Gasteiger partial charge in [-0.2, -0.15) is 0 Å². The van der Waals surface area contributed by atoms with E-state index in [-0.39, 0.29) is 11.7 Å². The fourth-order valence-electron chi connectivity index (χ4n) is 2.23. The Hall–Kier alpha value is -1.15. The Morgan fingerprint density at radius 1 is 1.17 bits per heavy atom. The van der Waals surface area contributed by atoms with Crippen molar-refractivity contribution < 1.29 is 9.90 Å². The average molecular weight is 248 g/mol. The molecule has 100 valence electrons. The number of Topliss-reactive ketones (excluding diaryl/α,β-unsaturated/α-hetero) is 1. The number of carbonyl (C=O) groups is 1. The summed E-state index contributed by atoms with van der Waals surface area (Å²) in [6.45, 7) is 4.11. The molecule has 2 heteroatoms. The highest BCUT2D eigenvalue weighted by Gasteiger charge is 2.26. The van der Waals surface area contributed by atoms with Crippen LogP contribution in [0, 0.1) is 5.92 Å². The van der Waals surface area contributed by atoms with Crippen molar-refractivity contribution in [1.29, 1.82) is 0 Å². The number of rotatable bonds is 8. The van der Waals surface area contributed by atoms with Gasteiger partial charge in [-0.05, 0) is 18.4 Å². The van der Waals surface area contributed by atoms with E-state index in [9.17, 15) is 9.90 Å². The molecule has 0 aliphatic rings. The normalized spacial score (nSPS) is 14.2. The summed E-state index contributed by atoms with van der Waals surface area (Å²) in [6.07, 6.45) is 3.59. The van der Waals surface area contributed by atoms with Gasteiger partial charge in [-0.25, -0.2) is 0 Å². The predicted octanol–water partition coefficient (Wildman–Crippen LogP) is 3.90. The molecule has 0 saturated heterocycles. The molecule has 2 atom stereocenters. The maximum atomic E-state index is 12.1. The van der Waals surface area contributed by atoms with Gasteiger partial charge in [-0.1, -0.05) is 57.0 Å². The minimum Gasteiger partial charge on any atom is -0.388 e. The van der Waals surface area contributed by atoms with Crippen LogP contribution in [0.3, 0.4) is 0 Å². The van der Waals surface area contributed by atoms with Crippen LogP contribution in [0.25, 0.3) is 0 Å². The lowest BCUT2D eigenvalue weighted by molar-refractivity contribution is -0.127. The van der Waals surface area contributed by atoms with Gasteiger partial charge in [0.05, 0.1) is 6.10 Å². The molecule has 0 aliphatic heterocycles. The van der Waals surface area contributed by atoms with Crippen molar-refractivity contribution in [3.63, 3.8) is 0 Å². The number of benzene rings is 1. The summed E-state index contributed by atoms with van der Waals surface area (Å²) in [7, 11) is 0. The second kappa shape index (κ2) is 8.04. The number of hydrogen-bond acceptors (Lipinski definition) is 2. The van der Waals surface area contributed by atoms with Crippen LogP contribution in [0.5, 0.6) is 0 Å². The first-order valence-corrected chi connectivity index (χ1v) is 6.96. The highest BCUT2D eigenvalue weighted by Crippen LogP contribution is 2.28. The Bertz CT molecular complexity index is 345. The molecule has 0 fully saturated rings. The van der Waals surface area contributed by atoms with Gasteiger partial charge in [0.1, 0.15) is 5.78 Å². The second-order valence-corrected chi connectivity index (χ2v) is 4.82. The summed E-state index contributed by atoms with van der Waals surface area (Å²) in [5.74, 6) is -0.0467. The van der Waals surface area contributed by atoms with E-state index in [1.807, 2.05) is 37.3 Å². The topological polar surface area (TPSA) is 37.3 Å². The molecule has 1 aromatic rings. The predicted molar refractivity (Wildman–Crippen MR) is 74.3 cm³/mol. The van der Waals surface area contributed by atoms with E-state index in [0.717, 1.165) is 31.2 Å².